The summed E-state index contributed by atoms with van der Waals surface area (Å²) >= 11 is 0. The molecule has 0 aromatic heterocycles. The standard InChI is InChI=1S/C17H32O2/c1-6-14(4)17(5)10-18-16(19-11-17)15-8-7-12(2)9-13(15)3/h12-16H,6-11H2,1-5H3. The van der Waals surface area contributed by atoms with Crippen LogP contribution < -0.4 is 0 Å². The van der Waals surface area contributed by atoms with Gasteiger partial charge in [0.25, 0.3) is 0 Å². The third-order valence-electron chi connectivity index (χ3n) is 5.80. The lowest BCUT2D eigenvalue weighted by atomic mass is 9.74. The summed E-state index contributed by atoms with van der Waals surface area (Å²) < 4.78 is 12.3. The number of hydrogen-bond acceptors (Lipinski definition) is 2. The van der Waals surface area contributed by atoms with E-state index >= 15 is 0 Å². The highest BCUT2D eigenvalue weighted by Gasteiger charge is 2.41. The van der Waals surface area contributed by atoms with Gasteiger partial charge in [0.1, 0.15) is 0 Å². The van der Waals surface area contributed by atoms with Crippen molar-refractivity contribution >= 4 is 0 Å². The van der Waals surface area contributed by atoms with Crippen LogP contribution in [0.15, 0.2) is 0 Å². The average Bonchev–Trinajstić information content (AvgIpc) is 2.39. The summed E-state index contributed by atoms with van der Waals surface area (Å²) in [6, 6.07) is 0. The van der Waals surface area contributed by atoms with Gasteiger partial charge in [0, 0.05) is 11.3 Å². The molecule has 0 aromatic rings. The van der Waals surface area contributed by atoms with Crippen LogP contribution >= 0.6 is 0 Å². The van der Waals surface area contributed by atoms with Crippen LogP contribution in [0.3, 0.4) is 0 Å². The second kappa shape index (κ2) is 6.13. The van der Waals surface area contributed by atoms with Crippen molar-refractivity contribution in [2.24, 2.45) is 29.1 Å². The Morgan fingerprint density at radius 1 is 1.16 bits per heavy atom. The monoisotopic (exact) mass is 268 g/mol. The van der Waals surface area contributed by atoms with E-state index in [2.05, 4.69) is 34.6 Å². The Morgan fingerprint density at radius 2 is 1.79 bits per heavy atom. The van der Waals surface area contributed by atoms with Crippen LogP contribution in [-0.2, 0) is 9.47 Å². The lowest BCUT2D eigenvalue weighted by molar-refractivity contribution is -0.265. The van der Waals surface area contributed by atoms with Gasteiger partial charge in [-0.3, -0.25) is 0 Å². The van der Waals surface area contributed by atoms with Gasteiger partial charge in [-0.2, -0.15) is 0 Å². The van der Waals surface area contributed by atoms with Gasteiger partial charge in [-0.05, 0) is 30.6 Å². The molecule has 2 aliphatic rings. The molecule has 1 saturated carbocycles. The quantitative estimate of drug-likeness (QED) is 0.751. The molecular weight excluding hydrogens is 236 g/mol. The zero-order valence-electron chi connectivity index (χ0n) is 13.4. The molecule has 19 heavy (non-hydrogen) atoms. The van der Waals surface area contributed by atoms with Crippen molar-refractivity contribution in [3.63, 3.8) is 0 Å². The van der Waals surface area contributed by atoms with Crippen molar-refractivity contribution in [3.8, 4) is 0 Å². The Labute approximate surface area is 119 Å². The van der Waals surface area contributed by atoms with E-state index in [1.165, 1.54) is 25.7 Å². The first kappa shape index (κ1) is 15.3. The van der Waals surface area contributed by atoms with Gasteiger partial charge in [0.2, 0.25) is 0 Å². The van der Waals surface area contributed by atoms with Crippen molar-refractivity contribution in [2.75, 3.05) is 13.2 Å². The molecule has 4 unspecified atom stereocenters. The highest BCUT2D eigenvalue weighted by Crippen LogP contribution is 2.41. The summed E-state index contributed by atoms with van der Waals surface area (Å²) in [5.74, 6) is 2.89. The third-order valence-corrected chi connectivity index (χ3v) is 5.80. The fourth-order valence-corrected chi connectivity index (χ4v) is 3.75. The van der Waals surface area contributed by atoms with E-state index in [-0.39, 0.29) is 11.7 Å². The van der Waals surface area contributed by atoms with E-state index in [0.29, 0.717) is 11.8 Å². The molecule has 0 radical (unpaired) electrons. The molecule has 0 amide bonds. The number of ether oxygens (including phenoxy) is 2. The molecule has 4 atom stereocenters. The van der Waals surface area contributed by atoms with E-state index in [9.17, 15) is 0 Å². The Morgan fingerprint density at radius 3 is 2.32 bits per heavy atom. The SMILES string of the molecule is CCC(C)C1(C)COC(C2CCC(C)CC2C)OC1. The Hall–Kier alpha value is -0.0800. The first-order valence-corrected chi connectivity index (χ1v) is 8.19. The molecule has 2 fully saturated rings. The zero-order valence-corrected chi connectivity index (χ0v) is 13.4. The van der Waals surface area contributed by atoms with Crippen molar-refractivity contribution < 1.29 is 9.47 Å². The summed E-state index contributed by atoms with van der Waals surface area (Å²) in [6.07, 6.45) is 5.19. The molecule has 0 bridgehead atoms. The molecular formula is C17H32O2. The first-order chi connectivity index (χ1) is 8.96. The van der Waals surface area contributed by atoms with E-state index in [0.717, 1.165) is 25.0 Å². The van der Waals surface area contributed by atoms with Gasteiger partial charge in [-0.1, -0.05) is 47.5 Å². The van der Waals surface area contributed by atoms with E-state index < -0.39 is 0 Å². The van der Waals surface area contributed by atoms with E-state index in [1.54, 1.807) is 0 Å². The third kappa shape index (κ3) is 3.33. The predicted molar refractivity (Wildman–Crippen MR) is 78.9 cm³/mol. The van der Waals surface area contributed by atoms with Crippen LogP contribution in [0, 0.1) is 29.1 Å². The van der Waals surface area contributed by atoms with Crippen LogP contribution in [0.4, 0.5) is 0 Å². The van der Waals surface area contributed by atoms with E-state index in [4.69, 9.17) is 9.47 Å². The normalized spacial score (nSPS) is 45.9. The van der Waals surface area contributed by atoms with Crippen LogP contribution in [-0.4, -0.2) is 19.5 Å². The number of rotatable bonds is 3. The minimum atomic E-state index is 0.0552. The van der Waals surface area contributed by atoms with Crippen molar-refractivity contribution in [1.82, 2.24) is 0 Å². The first-order valence-electron chi connectivity index (χ1n) is 8.19. The van der Waals surface area contributed by atoms with Crippen molar-refractivity contribution in [1.29, 1.82) is 0 Å². The second-order valence-electron chi connectivity index (χ2n) is 7.51. The molecule has 1 aliphatic heterocycles. The Bertz CT molecular complexity index is 281. The Kier molecular flexibility index (Phi) is 4.94. The zero-order chi connectivity index (χ0) is 14.0. The fourth-order valence-electron chi connectivity index (χ4n) is 3.75. The highest BCUT2D eigenvalue weighted by molar-refractivity contribution is 4.85. The van der Waals surface area contributed by atoms with Crippen molar-refractivity contribution in [2.45, 2.75) is 66.6 Å². The summed E-state index contributed by atoms with van der Waals surface area (Å²) in [5.41, 5.74) is 0.205. The predicted octanol–water partition coefficient (Wildman–Crippen LogP) is 4.48. The van der Waals surface area contributed by atoms with Crippen LogP contribution in [0.2, 0.25) is 0 Å². The molecule has 2 rings (SSSR count). The lowest BCUT2D eigenvalue weighted by Crippen LogP contribution is -2.47. The topological polar surface area (TPSA) is 18.5 Å². The van der Waals surface area contributed by atoms with Gasteiger partial charge >= 0.3 is 0 Å². The van der Waals surface area contributed by atoms with Crippen LogP contribution in [0.25, 0.3) is 0 Å². The van der Waals surface area contributed by atoms with Crippen LogP contribution in [0.5, 0.6) is 0 Å². The largest absolute Gasteiger partial charge is 0.352 e. The summed E-state index contributed by atoms with van der Waals surface area (Å²) in [4.78, 5) is 0. The molecule has 1 heterocycles. The van der Waals surface area contributed by atoms with Gasteiger partial charge in [0.05, 0.1) is 13.2 Å². The molecule has 2 nitrogen and oxygen atoms in total. The lowest BCUT2D eigenvalue weighted by Gasteiger charge is -2.45. The van der Waals surface area contributed by atoms with E-state index in [1.807, 2.05) is 0 Å². The maximum atomic E-state index is 6.14. The molecule has 1 aliphatic carbocycles. The highest BCUT2D eigenvalue weighted by atomic mass is 16.7. The Balaban J connectivity index is 1.89. The molecule has 112 valence electrons. The smallest absolute Gasteiger partial charge is 0.160 e. The molecule has 2 heteroatoms. The second-order valence-corrected chi connectivity index (χ2v) is 7.51. The van der Waals surface area contributed by atoms with Gasteiger partial charge in [-0.15, -0.1) is 0 Å². The maximum absolute atomic E-state index is 6.14. The van der Waals surface area contributed by atoms with Crippen molar-refractivity contribution in [3.05, 3.63) is 0 Å². The van der Waals surface area contributed by atoms with Gasteiger partial charge < -0.3 is 9.47 Å². The average molecular weight is 268 g/mol. The minimum absolute atomic E-state index is 0.0552. The number of hydrogen-bond donors (Lipinski definition) is 0. The summed E-state index contributed by atoms with van der Waals surface area (Å²) in [5, 5.41) is 0. The van der Waals surface area contributed by atoms with Gasteiger partial charge in [-0.25, -0.2) is 0 Å². The fraction of sp³-hybridized carbons (Fsp3) is 1.00. The molecule has 0 spiro atoms. The maximum Gasteiger partial charge on any atom is 0.160 e. The van der Waals surface area contributed by atoms with Gasteiger partial charge in [0.15, 0.2) is 6.29 Å². The summed E-state index contributed by atoms with van der Waals surface area (Å²) in [6.45, 7) is 13.4. The minimum Gasteiger partial charge on any atom is -0.352 e. The molecule has 0 aromatic carbocycles. The summed E-state index contributed by atoms with van der Waals surface area (Å²) in [7, 11) is 0. The van der Waals surface area contributed by atoms with Crippen LogP contribution in [0.1, 0.15) is 60.3 Å². The molecule has 1 saturated heterocycles. The molecule has 0 N–H and O–H groups in total.